The average Bonchev–Trinajstić information content (AvgIpc) is 2.31. The second-order valence-electron chi connectivity index (χ2n) is 2.97. The smallest absolute Gasteiger partial charge is 0.165 e. The van der Waals surface area contributed by atoms with Gasteiger partial charge in [0.25, 0.3) is 0 Å². The molecule has 3 heteroatoms. The topological polar surface area (TPSA) is 29.5 Å². The first-order valence-corrected chi connectivity index (χ1v) is 4.76. The van der Waals surface area contributed by atoms with Gasteiger partial charge in [0.15, 0.2) is 11.6 Å². The predicted molar refractivity (Wildman–Crippen MR) is 61.1 cm³/mol. The van der Waals surface area contributed by atoms with Gasteiger partial charge >= 0.3 is 0 Å². The van der Waals surface area contributed by atoms with Crippen molar-refractivity contribution in [1.82, 2.24) is 0 Å². The van der Waals surface area contributed by atoms with Gasteiger partial charge in [-0.05, 0) is 24.3 Å². The molecule has 2 nitrogen and oxygen atoms in total. The van der Waals surface area contributed by atoms with Gasteiger partial charge in [-0.3, -0.25) is 0 Å². The van der Waals surface area contributed by atoms with E-state index in [1.54, 1.807) is 42.5 Å². The van der Waals surface area contributed by atoms with Gasteiger partial charge in [-0.1, -0.05) is 30.3 Å². The summed E-state index contributed by atoms with van der Waals surface area (Å²) >= 11 is 0. The van der Waals surface area contributed by atoms with Crippen molar-refractivity contribution in [3.8, 4) is 11.5 Å². The Morgan fingerprint density at radius 2 is 1.50 bits per heavy atom. The van der Waals surface area contributed by atoms with Gasteiger partial charge in [0.2, 0.25) is 0 Å². The van der Waals surface area contributed by atoms with Gasteiger partial charge in [-0.25, -0.2) is 4.39 Å². The molecule has 0 atom stereocenters. The number of aromatic hydroxyl groups is 1. The minimum absolute atomic E-state index is 0.289. The van der Waals surface area contributed by atoms with Crippen molar-refractivity contribution in [2.24, 2.45) is 0 Å². The number of phenols is 1. The molecule has 0 aromatic heterocycles. The van der Waals surface area contributed by atoms with E-state index in [9.17, 15) is 4.39 Å². The Hall–Kier alpha value is -2.03. The summed E-state index contributed by atoms with van der Waals surface area (Å²) in [6.45, 7) is 0. The van der Waals surface area contributed by atoms with E-state index < -0.39 is 0 Å². The monoisotopic (exact) mass is 220 g/mol. The van der Waals surface area contributed by atoms with Crippen LogP contribution in [0.25, 0.3) is 0 Å². The van der Waals surface area contributed by atoms with Gasteiger partial charge in [0.1, 0.15) is 5.75 Å². The lowest BCUT2D eigenvalue weighted by Crippen LogP contribution is -1.85. The van der Waals surface area contributed by atoms with Crippen LogP contribution in [0.4, 0.5) is 4.39 Å². The molecule has 0 saturated heterocycles. The molecule has 0 amide bonds. The van der Waals surface area contributed by atoms with Crippen LogP contribution in [0, 0.1) is 5.82 Å². The van der Waals surface area contributed by atoms with Crippen LogP contribution in [0.15, 0.2) is 54.6 Å². The zero-order valence-corrected chi connectivity index (χ0v) is 8.93. The molecule has 84 valence electrons. The highest BCUT2D eigenvalue weighted by Gasteiger charge is 1.95. The lowest BCUT2D eigenvalue weighted by Gasteiger charge is -1.97. The van der Waals surface area contributed by atoms with Crippen LogP contribution >= 0.6 is 0 Å². The van der Waals surface area contributed by atoms with Crippen molar-refractivity contribution in [2.75, 3.05) is 7.11 Å². The Morgan fingerprint density at radius 1 is 0.938 bits per heavy atom. The maximum atomic E-state index is 12.5. The molecule has 0 heterocycles. The van der Waals surface area contributed by atoms with Gasteiger partial charge in [-0.2, -0.15) is 0 Å². The Balaban J connectivity index is 0.000000165. The summed E-state index contributed by atoms with van der Waals surface area (Å²) in [4.78, 5) is 0. The number of halogens is 1. The quantitative estimate of drug-likeness (QED) is 0.799. The summed E-state index contributed by atoms with van der Waals surface area (Å²) in [6.07, 6.45) is 0. The van der Waals surface area contributed by atoms with Crippen LogP contribution in [0.3, 0.4) is 0 Å². The second kappa shape index (κ2) is 6.45. The number of rotatable bonds is 1. The molecule has 0 spiro atoms. The molecule has 0 saturated carbocycles. The fourth-order valence-electron chi connectivity index (χ4n) is 1.04. The van der Waals surface area contributed by atoms with Crippen LogP contribution in [0.2, 0.25) is 0 Å². The highest BCUT2D eigenvalue weighted by atomic mass is 19.1. The molecule has 0 aliphatic rings. The van der Waals surface area contributed by atoms with Crippen molar-refractivity contribution in [3.63, 3.8) is 0 Å². The molecule has 0 unspecified atom stereocenters. The van der Waals surface area contributed by atoms with Crippen molar-refractivity contribution in [2.45, 2.75) is 0 Å². The highest BCUT2D eigenvalue weighted by Crippen LogP contribution is 2.13. The number of phenolic OH excluding ortho intramolecular Hbond substituents is 1. The molecule has 0 radical (unpaired) electrons. The standard InChI is InChI=1S/C7H7FO.C6H6O/c1-9-7-5-3-2-4-6(7)8;7-6-4-2-1-3-5-6/h2-5H,1H3;1-5,7H. The maximum absolute atomic E-state index is 12.5. The summed E-state index contributed by atoms with van der Waals surface area (Å²) < 4.78 is 17.1. The average molecular weight is 220 g/mol. The summed E-state index contributed by atoms with van der Waals surface area (Å²) in [5.41, 5.74) is 0. The minimum Gasteiger partial charge on any atom is -0.508 e. The third-order valence-corrected chi connectivity index (χ3v) is 1.81. The SMILES string of the molecule is COc1ccccc1F.Oc1ccccc1. The largest absolute Gasteiger partial charge is 0.508 e. The van der Waals surface area contributed by atoms with Crippen molar-refractivity contribution in [3.05, 3.63) is 60.4 Å². The second-order valence-corrected chi connectivity index (χ2v) is 2.97. The molecular weight excluding hydrogens is 207 g/mol. The van der Waals surface area contributed by atoms with E-state index in [0.717, 1.165) is 0 Å². The number of hydrogen-bond acceptors (Lipinski definition) is 2. The molecule has 2 rings (SSSR count). The summed E-state index contributed by atoms with van der Waals surface area (Å²) in [5, 5.41) is 8.63. The molecule has 1 N–H and O–H groups in total. The number of methoxy groups -OCH3 is 1. The number of hydrogen-bond donors (Lipinski definition) is 1. The molecule has 0 bridgehead atoms. The minimum atomic E-state index is -0.319. The van der Waals surface area contributed by atoms with Crippen LogP contribution in [-0.4, -0.2) is 12.2 Å². The summed E-state index contributed by atoms with van der Waals surface area (Å²) in [7, 11) is 1.44. The predicted octanol–water partition coefficient (Wildman–Crippen LogP) is 3.23. The van der Waals surface area contributed by atoms with Gasteiger partial charge in [0, 0.05) is 0 Å². The van der Waals surface area contributed by atoms with Crippen LogP contribution in [-0.2, 0) is 0 Å². The summed E-state index contributed by atoms with van der Waals surface area (Å²) in [6, 6.07) is 15.0. The van der Waals surface area contributed by atoms with Gasteiger partial charge < -0.3 is 9.84 Å². The van der Waals surface area contributed by atoms with E-state index in [0.29, 0.717) is 5.75 Å². The first-order valence-electron chi connectivity index (χ1n) is 4.76. The molecule has 2 aromatic carbocycles. The highest BCUT2D eigenvalue weighted by molar-refractivity contribution is 5.23. The number of ether oxygens (including phenoxy) is 1. The van der Waals surface area contributed by atoms with E-state index >= 15 is 0 Å². The van der Waals surface area contributed by atoms with Gasteiger partial charge in [-0.15, -0.1) is 0 Å². The normalized spacial score (nSPS) is 8.88. The zero-order valence-electron chi connectivity index (χ0n) is 8.93. The van der Waals surface area contributed by atoms with E-state index in [4.69, 9.17) is 5.11 Å². The Bertz CT molecular complexity index is 415. The lowest BCUT2D eigenvalue weighted by molar-refractivity contribution is 0.386. The van der Waals surface area contributed by atoms with E-state index in [1.165, 1.54) is 13.2 Å². The van der Waals surface area contributed by atoms with Crippen LogP contribution < -0.4 is 4.74 Å². The summed E-state index contributed by atoms with van der Waals surface area (Å²) in [5.74, 6) is 0.292. The van der Waals surface area contributed by atoms with Crippen LogP contribution in [0.1, 0.15) is 0 Å². The molecule has 16 heavy (non-hydrogen) atoms. The van der Waals surface area contributed by atoms with Crippen molar-refractivity contribution >= 4 is 0 Å². The first-order chi connectivity index (χ1) is 7.74. The molecule has 2 aromatic rings. The van der Waals surface area contributed by atoms with E-state index in [1.807, 2.05) is 6.07 Å². The Labute approximate surface area is 93.9 Å². The zero-order chi connectivity index (χ0) is 11.8. The van der Waals surface area contributed by atoms with E-state index in [2.05, 4.69) is 4.74 Å². The van der Waals surface area contributed by atoms with Crippen LogP contribution in [0.5, 0.6) is 11.5 Å². The maximum Gasteiger partial charge on any atom is 0.165 e. The third-order valence-electron chi connectivity index (χ3n) is 1.81. The third kappa shape index (κ3) is 4.00. The molecule has 0 aliphatic heterocycles. The first kappa shape index (κ1) is 12.0. The molecule has 0 aliphatic carbocycles. The fourth-order valence-corrected chi connectivity index (χ4v) is 1.04. The molecule has 0 fully saturated rings. The van der Waals surface area contributed by atoms with Crippen molar-refractivity contribution in [1.29, 1.82) is 0 Å². The Morgan fingerprint density at radius 3 is 1.88 bits per heavy atom. The van der Waals surface area contributed by atoms with E-state index in [-0.39, 0.29) is 11.6 Å². The fraction of sp³-hybridized carbons (Fsp3) is 0.0769. The van der Waals surface area contributed by atoms with Gasteiger partial charge in [0.05, 0.1) is 7.11 Å². The number of benzene rings is 2. The van der Waals surface area contributed by atoms with Crippen molar-refractivity contribution < 1.29 is 14.2 Å². The molecular formula is C13H13FO2. The Kier molecular flexibility index (Phi) is 4.86. The number of para-hydroxylation sites is 2. The lowest BCUT2D eigenvalue weighted by atomic mass is 10.3.